The number of hydrogen-bond donors (Lipinski definition) is 2. The van der Waals surface area contributed by atoms with Crippen molar-refractivity contribution >= 4 is 28.8 Å². The lowest BCUT2D eigenvalue weighted by atomic mass is 9.72. The van der Waals surface area contributed by atoms with Gasteiger partial charge in [-0.3, -0.25) is 9.59 Å². The number of β-lactam (4-membered cyclic amide) rings is 1. The summed E-state index contributed by atoms with van der Waals surface area (Å²) in [4.78, 5) is 31.8. The van der Waals surface area contributed by atoms with Crippen molar-refractivity contribution in [1.82, 2.24) is 19.9 Å². The Hall–Kier alpha value is -3.62. The Kier molecular flexibility index (Phi) is 4.14. The van der Waals surface area contributed by atoms with Gasteiger partial charge in [0.05, 0.1) is 23.0 Å². The fraction of sp³-hybridized carbons (Fsp3) is 0.391. The molecule has 0 bridgehead atoms. The van der Waals surface area contributed by atoms with E-state index in [-0.39, 0.29) is 23.3 Å². The van der Waals surface area contributed by atoms with E-state index in [1.165, 1.54) is 6.20 Å². The van der Waals surface area contributed by atoms with Crippen molar-refractivity contribution in [3.8, 4) is 5.75 Å². The van der Waals surface area contributed by atoms with Crippen molar-refractivity contribution in [2.45, 2.75) is 32.3 Å². The largest absolute Gasteiger partial charge is 0.490 e. The third-order valence-corrected chi connectivity index (χ3v) is 6.92. The number of fused-ring (bicyclic) bond motifs is 2. The minimum Gasteiger partial charge on any atom is -0.490 e. The number of ether oxygens (including phenoxy) is 1. The number of amides is 2. The van der Waals surface area contributed by atoms with Crippen molar-refractivity contribution in [1.29, 1.82) is 0 Å². The lowest BCUT2D eigenvalue weighted by Crippen LogP contribution is -2.62. The molecular weight excluding hydrogens is 408 g/mol. The fourth-order valence-corrected chi connectivity index (χ4v) is 4.98. The Morgan fingerprint density at radius 2 is 2.16 bits per heavy atom. The van der Waals surface area contributed by atoms with Crippen molar-refractivity contribution < 1.29 is 14.3 Å². The van der Waals surface area contributed by atoms with Gasteiger partial charge in [-0.25, -0.2) is 9.50 Å². The topological polar surface area (TPSA) is 101 Å². The lowest BCUT2D eigenvalue weighted by Gasteiger charge is -2.47. The highest BCUT2D eigenvalue weighted by molar-refractivity contribution is 6.09. The van der Waals surface area contributed by atoms with Crippen LogP contribution in [0.15, 0.2) is 36.8 Å². The number of hydrogen-bond acceptors (Lipinski definition) is 6. The molecule has 2 fully saturated rings. The second kappa shape index (κ2) is 6.94. The Balaban J connectivity index is 1.32. The fourth-order valence-electron chi connectivity index (χ4n) is 4.98. The summed E-state index contributed by atoms with van der Waals surface area (Å²) in [6.45, 7) is 4.31. The van der Waals surface area contributed by atoms with E-state index in [0.29, 0.717) is 11.2 Å². The molecule has 32 heavy (non-hydrogen) atoms. The normalized spacial score (nSPS) is 21.1. The van der Waals surface area contributed by atoms with E-state index >= 15 is 0 Å². The molecule has 0 radical (unpaired) electrons. The molecule has 2 aromatic heterocycles. The summed E-state index contributed by atoms with van der Waals surface area (Å²) in [5.41, 5.74) is 3.47. The minimum atomic E-state index is -0.251. The zero-order valence-electron chi connectivity index (χ0n) is 17.8. The summed E-state index contributed by atoms with van der Waals surface area (Å²) in [6, 6.07) is 5.82. The van der Waals surface area contributed by atoms with Gasteiger partial charge in [0.15, 0.2) is 5.65 Å². The minimum absolute atomic E-state index is 0.107. The average Bonchev–Trinajstić information content (AvgIpc) is 3.40. The number of nitrogens with zero attached hydrogens (tertiary/aromatic N) is 4. The molecule has 1 atom stereocenters. The van der Waals surface area contributed by atoms with Gasteiger partial charge in [-0.2, -0.15) is 5.10 Å². The Bertz CT molecular complexity index is 1240. The Morgan fingerprint density at radius 3 is 2.91 bits per heavy atom. The molecule has 3 aliphatic rings. The standard InChI is InChI=1S/C23H24N6O3/c1-14-9-15-10-17(27-21(30)16-12-26-29-6-2-5-24-20(16)29)18(11-19(15)32-14)28-7-3-23(4-8-28)13-25-22(23)31/h2,5-6,10-12,14H,3-4,7-9,13H2,1H3,(H,25,31)(H,27,30)/t14-/m0/s1. The zero-order valence-corrected chi connectivity index (χ0v) is 17.8. The molecular formula is C23H24N6O3. The molecule has 6 rings (SSSR count). The summed E-state index contributed by atoms with van der Waals surface area (Å²) < 4.78 is 7.58. The third-order valence-electron chi connectivity index (χ3n) is 6.92. The molecule has 0 unspecified atom stereocenters. The van der Waals surface area contributed by atoms with Gasteiger partial charge in [0, 0.05) is 50.1 Å². The van der Waals surface area contributed by atoms with E-state index in [9.17, 15) is 9.59 Å². The molecule has 2 amide bonds. The SMILES string of the molecule is C[C@H]1Cc2cc(NC(=O)c3cnn4cccnc34)c(N3CCC4(CC3)CNC4=O)cc2O1. The number of benzene rings is 1. The van der Waals surface area contributed by atoms with Crippen LogP contribution in [0.4, 0.5) is 11.4 Å². The molecule has 2 N–H and O–H groups in total. The second-order valence-corrected chi connectivity index (χ2v) is 8.96. The first-order valence-electron chi connectivity index (χ1n) is 11.0. The van der Waals surface area contributed by atoms with E-state index in [4.69, 9.17) is 4.74 Å². The maximum absolute atomic E-state index is 13.2. The smallest absolute Gasteiger partial charge is 0.261 e. The van der Waals surface area contributed by atoms with Crippen molar-refractivity contribution in [3.05, 3.63) is 47.9 Å². The number of rotatable bonds is 3. The van der Waals surface area contributed by atoms with Crippen LogP contribution < -0.4 is 20.3 Å². The van der Waals surface area contributed by atoms with Crippen molar-refractivity contribution in [2.24, 2.45) is 5.41 Å². The number of carbonyl (C=O) groups is 2. The molecule has 164 valence electrons. The van der Waals surface area contributed by atoms with Crippen molar-refractivity contribution in [2.75, 3.05) is 29.9 Å². The summed E-state index contributed by atoms with van der Waals surface area (Å²) in [5.74, 6) is 0.779. The molecule has 2 saturated heterocycles. The van der Waals surface area contributed by atoms with Crippen molar-refractivity contribution in [3.63, 3.8) is 0 Å². The average molecular weight is 432 g/mol. The van der Waals surface area contributed by atoms with Gasteiger partial charge in [-0.15, -0.1) is 0 Å². The third kappa shape index (κ3) is 2.91. The number of nitrogens with one attached hydrogen (secondary N) is 2. The Labute approximate surface area is 184 Å². The van der Waals surface area contributed by atoms with Crippen LogP contribution in [-0.2, 0) is 11.2 Å². The number of carbonyl (C=O) groups excluding carboxylic acids is 2. The monoisotopic (exact) mass is 432 g/mol. The van der Waals surface area contributed by atoms with Crippen LogP contribution in [0.1, 0.15) is 35.7 Å². The van der Waals surface area contributed by atoms with E-state index in [0.717, 1.165) is 61.6 Å². The number of anilines is 2. The molecule has 9 heteroatoms. The van der Waals surface area contributed by atoms with Crippen LogP contribution >= 0.6 is 0 Å². The Morgan fingerprint density at radius 1 is 1.31 bits per heavy atom. The first-order chi connectivity index (χ1) is 15.5. The molecule has 3 aliphatic heterocycles. The molecule has 9 nitrogen and oxygen atoms in total. The molecule has 1 spiro atoms. The molecule has 1 aromatic carbocycles. The number of aromatic nitrogens is 3. The van der Waals surface area contributed by atoms with Gasteiger partial charge in [0.1, 0.15) is 17.4 Å². The van der Waals surface area contributed by atoms with Gasteiger partial charge in [-0.1, -0.05) is 0 Å². The highest BCUT2D eigenvalue weighted by Crippen LogP contribution is 2.43. The summed E-state index contributed by atoms with van der Waals surface area (Å²) in [7, 11) is 0. The zero-order chi connectivity index (χ0) is 21.9. The lowest BCUT2D eigenvalue weighted by molar-refractivity contribution is -0.141. The van der Waals surface area contributed by atoms with E-state index in [1.54, 1.807) is 23.0 Å². The van der Waals surface area contributed by atoms with Crippen LogP contribution in [0, 0.1) is 5.41 Å². The summed E-state index contributed by atoms with van der Waals surface area (Å²) >= 11 is 0. The van der Waals surface area contributed by atoms with Crippen LogP contribution in [0.3, 0.4) is 0 Å². The van der Waals surface area contributed by atoms with Gasteiger partial charge in [0.2, 0.25) is 5.91 Å². The van der Waals surface area contributed by atoms with E-state index in [1.807, 2.05) is 19.1 Å². The van der Waals surface area contributed by atoms with Gasteiger partial charge in [0.25, 0.3) is 5.91 Å². The van der Waals surface area contributed by atoms with Crippen LogP contribution in [0.2, 0.25) is 0 Å². The van der Waals surface area contributed by atoms with Crippen LogP contribution in [0.25, 0.3) is 5.65 Å². The van der Waals surface area contributed by atoms with Crippen LogP contribution in [0.5, 0.6) is 5.75 Å². The predicted octanol–water partition coefficient (Wildman–Crippen LogP) is 2.02. The molecule has 5 heterocycles. The molecule has 0 aliphatic carbocycles. The second-order valence-electron chi connectivity index (χ2n) is 8.96. The summed E-state index contributed by atoms with van der Waals surface area (Å²) in [5, 5.41) is 10.2. The molecule has 3 aromatic rings. The predicted molar refractivity (Wildman–Crippen MR) is 118 cm³/mol. The van der Waals surface area contributed by atoms with E-state index < -0.39 is 0 Å². The van der Waals surface area contributed by atoms with Gasteiger partial charge >= 0.3 is 0 Å². The van der Waals surface area contributed by atoms with Gasteiger partial charge < -0.3 is 20.3 Å². The van der Waals surface area contributed by atoms with Gasteiger partial charge in [-0.05, 0) is 31.9 Å². The quantitative estimate of drug-likeness (QED) is 0.614. The van der Waals surface area contributed by atoms with E-state index in [2.05, 4.69) is 25.6 Å². The maximum atomic E-state index is 13.2. The first kappa shape index (κ1) is 19.1. The first-order valence-corrected chi connectivity index (χ1v) is 11.0. The highest BCUT2D eigenvalue weighted by Gasteiger charge is 2.48. The summed E-state index contributed by atoms with van der Waals surface area (Å²) in [6.07, 6.45) is 7.47. The maximum Gasteiger partial charge on any atom is 0.261 e. The highest BCUT2D eigenvalue weighted by atomic mass is 16.5. The molecule has 0 saturated carbocycles. The number of piperidine rings is 1. The van der Waals surface area contributed by atoms with Crippen LogP contribution in [-0.4, -0.2) is 52.2 Å².